The van der Waals surface area contributed by atoms with Crippen LogP contribution in [-0.4, -0.2) is 29.8 Å². The van der Waals surface area contributed by atoms with Crippen molar-refractivity contribution in [1.82, 2.24) is 9.97 Å². The fraction of sp³-hybridized carbons (Fsp3) is 0.105. The molecule has 156 valence electrons. The standard InChI is InChI=1S/C19H14F3N3O3S2/c1-12-11-14(29-18-23-9-2-10-24-18)5-8-16(12)25-17(26)13-3-6-15(7-4-13)30(27,28)19(20,21)22/h2-11H,1H3,(H,25,26). The van der Waals surface area contributed by atoms with E-state index in [1.54, 1.807) is 37.5 Å². The summed E-state index contributed by atoms with van der Waals surface area (Å²) in [6.07, 6.45) is 3.25. The number of hydrogen-bond donors (Lipinski definition) is 1. The molecule has 1 aromatic heterocycles. The van der Waals surface area contributed by atoms with Crippen LogP contribution >= 0.6 is 11.8 Å². The van der Waals surface area contributed by atoms with Crippen molar-refractivity contribution >= 4 is 33.2 Å². The molecule has 0 atom stereocenters. The first-order valence-corrected chi connectivity index (χ1v) is 10.7. The molecule has 3 rings (SSSR count). The van der Waals surface area contributed by atoms with E-state index in [4.69, 9.17) is 0 Å². The normalized spacial score (nSPS) is 11.9. The van der Waals surface area contributed by atoms with Crippen molar-refractivity contribution in [3.05, 3.63) is 72.1 Å². The quantitative estimate of drug-likeness (QED) is 0.573. The number of rotatable bonds is 5. The van der Waals surface area contributed by atoms with Gasteiger partial charge in [-0.3, -0.25) is 4.79 Å². The summed E-state index contributed by atoms with van der Waals surface area (Å²) in [6.45, 7) is 1.78. The number of sulfone groups is 1. The predicted octanol–water partition coefficient (Wildman–Crippen LogP) is 4.48. The second kappa shape index (κ2) is 8.44. The fourth-order valence-electron chi connectivity index (χ4n) is 2.40. The number of hydrogen-bond acceptors (Lipinski definition) is 6. The van der Waals surface area contributed by atoms with E-state index in [1.807, 2.05) is 6.07 Å². The minimum absolute atomic E-state index is 0.0201. The van der Waals surface area contributed by atoms with Gasteiger partial charge in [0.25, 0.3) is 15.7 Å². The van der Waals surface area contributed by atoms with Crippen molar-refractivity contribution < 1.29 is 26.4 Å². The fourth-order valence-corrected chi connectivity index (χ4v) is 3.97. The van der Waals surface area contributed by atoms with Gasteiger partial charge in [0.1, 0.15) is 0 Å². The highest BCUT2D eigenvalue weighted by atomic mass is 32.2. The summed E-state index contributed by atoms with van der Waals surface area (Å²) in [6, 6.07) is 10.5. The molecule has 0 spiro atoms. The van der Waals surface area contributed by atoms with Crippen LogP contribution in [0.1, 0.15) is 15.9 Å². The van der Waals surface area contributed by atoms with Crippen molar-refractivity contribution in [2.75, 3.05) is 5.32 Å². The number of carbonyl (C=O) groups is 1. The summed E-state index contributed by atoms with van der Waals surface area (Å²) in [5.41, 5.74) is -4.13. The number of carbonyl (C=O) groups excluding carboxylic acids is 1. The highest BCUT2D eigenvalue weighted by Gasteiger charge is 2.46. The number of amides is 1. The van der Waals surface area contributed by atoms with Gasteiger partial charge in [0.05, 0.1) is 4.90 Å². The highest BCUT2D eigenvalue weighted by molar-refractivity contribution is 7.99. The van der Waals surface area contributed by atoms with Crippen molar-refractivity contribution in [2.24, 2.45) is 0 Å². The molecule has 0 bridgehead atoms. The number of aryl methyl sites for hydroxylation is 1. The Hall–Kier alpha value is -2.92. The Balaban J connectivity index is 1.73. The largest absolute Gasteiger partial charge is 0.501 e. The zero-order valence-electron chi connectivity index (χ0n) is 15.3. The SMILES string of the molecule is Cc1cc(Sc2ncccn2)ccc1NC(=O)c1ccc(S(=O)(=O)C(F)(F)F)cc1. The van der Waals surface area contributed by atoms with Crippen LogP contribution in [0.5, 0.6) is 0 Å². The van der Waals surface area contributed by atoms with E-state index in [1.165, 1.54) is 11.8 Å². The summed E-state index contributed by atoms with van der Waals surface area (Å²) < 4.78 is 60.6. The van der Waals surface area contributed by atoms with Gasteiger partial charge in [-0.2, -0.15) is 13.2 Å². The molecule has 6 nitrogen and oxygen atoms in total. The molecule has 0 unspecified atom stereocenters. The Morgan fingerprint density at radius 2 is 1.67 bits per heavy atom. The van der Waals surface area contributed by atoms with Crippen LogP contribution in [0.15, 0.2) is 75.9 Å². The molecule has 3 aromatic rings. The summed E-state index contributed by atoms with van der Waals surface area (Å²) in [4.78, 5) is 20.6. The van der Waals surface area contributed by atoms with Crippen LogP contribution in [0.4, 0.5) is 18.9 Å². The van der Waals surface area contributed by atoms with E-state index in [2.05, 4.69) is 15.3 Å². The van der Waals surface area contributed by atoms with Gasteiger partial charge in [0.2, 0.25) is 0 Å². The first kappa shape index (κ1) is 21.8. The number of halogens is 3. The van der Waals surface area contributed by atoms with E-state index in [9.17, 15) is 26.4 Å². The molecule has 11 heteroatoms. The first-order chi connectivity index (χ1) is 14.1. The van der Waals surface area contributed by atoms with E-state index >= 15 is 0 Å². The average Bonchev–Trinajstić information content (AvgIpc) is 2.70. The molecule has 0 fully saturated rings. The summed E-state index contributed by atoms with van der Waals surface area (Å²) >= 11 is 1.35. The second-order valence-electron chi connectivity index (χ2n) is 6.04. The summed E-state index contributed by atoms with van der Waals surface area (Å²) in [7, 11) is -5.46. The van der Waals surface area contributed by atoms with Gasteiger partial charge in [-0.05, 0) is 72.8 Å². The smallest absolute Gasteiger partial charge is 0.322 e. The van der Waals surface area contributed by atoms with E-state index in [0.717, 1.165) is 34.7 Å². The predicted molar refractivity (Wildman–Crippen MR) is 105 cm³/mol. The maximum atomic E-state index is 12.6. The van der Waals surface area contributed by atoms with Crippen LogP contribution in [0.3, 0.4) is 0 Å². The molecule has 0 aliphatic heterocycles. The molecular weight excluding hydrogens is 439 g/mol. The van der Waals surface area contributed by atoms with Crippen molar-refractivity contribution in [3.63, 3.8) is 0 Å². The Morgan fingerprint density at radius 3 is 2.23 bits per heavy atom. The van der Waals surface area contributed by atoms with Gasteiger partial charge >= 0.3 is 5.51 Å². The van der Waals surface area contributed by atoms with Crippen molar-refractivity contribution in [1.29, 1.82) is 0 Å². The first-order valence-electron chi connectivity index (χ1n) is 8.36. The maximum Gasteiger partial charge on any atom is 0.501 e. The number of nitrogens with zero attached hydrogens (tertiary/aromatic N) is 2. The molecule has 0 saturated heterocycles. The van der Waals surface area contributed by atoms with E-state index in [-0.39, 0.29) is 5.56 Å². The highest BCUT2D eigenvalue weighted by Crippen LogP contribution is 2.31. The Morgan fingerprint density at radius 1 is 1.03 bits per heavy atom. The molecule has 1 N–H and O–H groups in total. The molecule has 1 amide bonds. The minimum Gasteiger partial charge on any atom is -0.322 e. The van der Waals surface area contributed by atoms with Crippen LogP contribution in [0, 0.1) is 6.92 Å². The summed E-state index contributed by atoms with van der Waals surface area (Å²) in [5.74, 6) is -0.583. The third-order valence-corrected chi connectivity index (χ3v) is 6.31. The third kappa shape index (κ3) is 4.79. The van der Waals surface area contributed by atoms with Crippen LogP contribution in [0.2, 0.25) is 0 Å². The second-order valence-corrected chi connectivity index (χ2v) is 9.02. The van der Waals surface area contributed by atoms with Crippen LogP contribution in [0.25, 0.3) is 0 Å². The molecule has 2 aromatic carbocycles. The lowest BCUT2D eigenvalue weighted by Gasteiger charge is -2.11. The number of aromatic nitrogens is 2. The number of nitrogens with one attached hydrogen (secondary N) is 1. The summed E-state index contributed by atoms with van der Waals surface area (Å²) in [5, 5.41) is 3.23. The third-order valence-electron chi connectivity index (χ3n) is 3.93. The Labute approximate surface area is 174 Å². The van der Waals surface area contributed by atoms with Gasteiger partial charge in [0.15, 0.2) is 5.16 Å². The molecular formula is C19H14F3N3O3S2. The lowest BCUT2D eigenvalue weighted by atomic mass is 10.1. The molecule has 0 radical (unpaired) electrons. The maximum absolute atomic E-state index is 12.6. The van der Waals surface area contributed by atoms with Gasteiger partial charge in [0, 0.05) is 28.5 Å². The molecule has 0 aliphatic rings. The molecule has 0 saturated carbocycles. The Kier molecular flexibility index (Phi) is 6.13. The van der Waals surface area contributed by atoms with Crippen LogP contribution in [-0.2, 0) is 9.84 Å². The Bertz CT molecular complexity index is 1170. The number of benzene rings is 2. The lowest BCUT2D eigenvalue weighted by molar-refractivity contribution is -0.0436. The number of alkyl halides is 3. The van der Waals surface area contributed by atoms with E-state index < -0.39 is 26.1 Å². The van der Waals surface area contributed by atoms with Gasteiger partial charge < -0.3 is 5.32 Å². The van der Waals surface area contributed by atoms with Crippen molar-refractivity contribution in [2.45, 2.75) is 27.4 Å². The van der Waals surface area contributed by atoms with Gasteiger partial charge in [-0.1, -0.05) is 0 Å². The van der Waals surface area contributed by atoms with E-state index in [0.29, 0.717) is 10.8 Å². The monoisotopic (exact) mass is 453 g/mol. The number of anilines is 1. The van der Waals surface area contributed by atoms with Crippen LogP contribution < -0.4 is 5.32 Å². The average molecular weight is 453 g/mol. The zero-order chi connectivity index (χ0) is 21.9. The zero-order valence-corrected chi connectivity index (χ0v) is 17.0. The van der Waals surface area contributed by atoms with Gasteiger partial charge in [-0.15, -0.1) is 0 Å². The lowest BCUT2D eigenvalue weighted by Crippen LogP contribution is -2.23. The van der Waals surface area contributed by atoms with Crippen molar-refractivity contribution in [3.8, 4) is 0 Å². The molecule has 1 heterocycles. The molecule has 0 aliphatic carbocycles. The molecule has 30 heavy (non-hydrogen) atoms. The van der Waals surface area contributed by atoms with Gasteiger partial charge in [-0.25, -0.2) is 18.4 Å². The topological polar surface area (TPSA) is 89.0 Å². The minimum atomic E-state index is -5.46.